The first-order valence-corrected chi connectivity index (χ1v) is 7.69. The second-order valence-electron chi connectivity index (χ2n) is 4.74. The van der Waals surface area contributed by atoms with Gasteiger partial charge in [0.1, 0.15) is 0 Å². The van der Waals surface area contributed by atoms with E-state index in [1.54, 1.807) is 25.1 Å². The molecule has 0 bridgehead atoms. The van der Waals surface area contributed by atoms with Crippen LogP contribution in [0, 0.1) is 13.8 Å². The van der Waals surface area contributed by atoms with Crippen LogP contribution in [-0.2, 0) is 10.0 Å². The van der Waals surface area contributed by atoms with E-state index in [0.717, 1.165) is 11.6 Å². The first kappa shape index (κ1) is 15.1. The quantitative estimate of drug-likeness (QED) is 0.926. The standard InChI is InChI=1S/C15H15NO4S/c1-10-4-3-5-12(8-10)16-21(19,20)13-7-6-11(2)14(9-13)15(17)18/h3-9,16H,1-2H3,(H,17,18)/p-1. The molecule has 0 aliphatic heterocycles. The van der Waals surface area contributed by atoms with Crippen LogP contribution >= 0.6 is 0 Å². The van der Waals surface area contributed by atoms with E-state index >= 15 is 0 Å². The SMILES string of the molecule is Cc1cccc(NS(=O)(=O)c2ccc(C)c(C(=O)[O-])c2)c1. The predicted molar refractivity (Wildman–Crippen MR) is 77.5 cm³/mol. The molecule has 0 fully saturated rings. The summed E-state index contributed by atoms with van der Waals surface area (Å²) in [5.41, 5.74) is 1.65. The van der Waals surface area contributed by atoms with Crippen LogP contribution < -0.4 is 9.83 Å². The smallest absolute Gasteiger partial charge is 0.261 e. The average Bonchev–Trinajstić information content (AvgIpc) is 2.38. The van der Waals surface area contributed by atoms with Gasteiger partial charge in [0.2, 0.25) is 0 Å². The van der Waals surface area contributed by atoms with E-state index in [0.29, 0.717) is 11.3 Å². The predicted octanol–water partition coefficient (Wildman–Crippen LogP) is 1.47. The molecular formula is C15H14NO4S-. The summed E-state index contributed by atoms with van der Waals surface area (Å²) in [5, 5.41) is 11.0. The van der Waals surface area contributed by atoms with E-state index in [2.05, 4.69) is 4.72 Å². The average molecular weight is 304 g/mol. The summed E-state index contributed by atoms with van der Waals surface area (Å²) in [6, 6.07) is 10.8. The summed E-state index contributed by atoms with van der Waals surface area (Å²) < 4.78 is 27.0. The third-order valence-electron chi connectivity index (χ3n) is 3.01. The molecule has 0 heterocycles. The van der Waals surface area contributed by atoms with Gasteiger partial charge in [-0.25, -0.2) is 8.42 Å². The lowest BCUT2D eigenvalue weighted by molar-refractivity contribution is -0.255. The minimum atomic E-state index is -3.84. The van der Waals surface area contributed by atoms with E-state index in [1.165, 1.54) is 12.1 Å². The van der Waals surface area contributed by atoms with Crippen molar-refractivity contribution in [2.75, 3.05) is 4.72 Å². The summed E-state index contributed by atoms with van der Waals surface area (Å²) in [7, 11) is -3.84. The zero-order valence-corrected chi connectivity index (χ0v) is 12.4. The molecule has 2 rings (SSSR count). The Labute approximate surface area is 123 Å². The van der Waals surface area contributed by atoms with Gasteiger partial charge in [0, 0.05) is 11.3 Å². The normalized spacial score (nSPS) is 11.1. The van der Waals surface area contributed by atoms with Gasteiger partial charge in [0.05, 0.1) is 10.9 Å². The van der Waals surface area contributed by atoms with Crippen molar-refractivity contribution in [2.45, 2.75) is 18.7 Å². The Bertz CT molecular complexity index is 797. The Kier molecular flexibility index (Phi) is 3.99. The lowest BCUT2D eigenvalue weighted by atomic mass is 10.1. The fourth-order valence-corrected chi connectivity index (χ4v) is 2.99. The molecule has 0 saturated carbocycles. The van der Waals surface area contributed by atoms with Gasteiger partial charge in [0.25, 0.3) is 10.0 Å². The maximum Gasteiger partial charge on any atom is 0.261 e. The number of aryl methyl sites for hydroxylation is 2. The molecule has 0 aliphatic rings. The fourth-order valence-electron chi connectivity index (χ4n) is 1.91. The van der Waals surface area contributed by atoms with Crippen LogP contribution in [0.3, 0.4) is 0 Å². The first-order chi connectivity index (χ1) is 9.79. The van der Waals surface area contributed by atoms with Crippen LogP contribution in [0.4, 0.5) is 5.69 Å². The molecule has 0 aliphatic carbocycles. The van der Waals surface area contributed by atoms with Crippen molar-refractivity contribution in [1.82, 2.24) is 0 Å². The lowest BCUT2D eigenvalue weighted by Gasteiger charge is -2.12. The molecular weight excluding hydrogens is 290 g/mol. The van der Waals surface area contributed by atoms with Gasteiger partial charge in [0.15, 0.2) is 0 Å². The van der Waals surface area contributed by atoms with Gasteiger partial charge in [-0.3, -0.25) is 4.72 Å². The summed E-state index contributed by atoms with van der Waals surface area (Å²) in [5.74, 6) is -1.40. The molecule has 0 saturated heterocycles. The summed E-state index contributed by atoms with van der Waals surface area (Å²) in [6.45, 7) is 3.42. The Morgan fingerprint density at radius 3 is 2.43 bits per heavy atom. The zero-order valence-electron chi connectivity index (χ0n) is 11.6. The van der Waals surface area contributed by atoms with E-state index in [-0.39, 0.29) is 10.5 Å². The molecule has 2 aromatic rings. The molecule has 0 aromatic heterocycles. The molecule has 110 valence electrons. The number of carbonyl (C=O) groups is 1. The molecule has 0 unspecified atom stereocenters. The monoisotopic (exact) mass is 304 g/mol. The third kappa shape index (κ3) is 3.41. The number of sulfonamides is 1. The Morgan fingerprint density at radius 1 is 1.10 bits per heavy atom. The van der Waals surface area contributed by atoms with Crippen molar-refractivity contribution in [3.63, 3.8) is 0 Å². The van der Waals surface area contributed by atoms with Gasteiger partial charge in [-0.1, -0.05) is 18.2 Å². The number of carboxylic acids is 1. The highest BCUT2D eigenvalue weighted by Crippen LogP contribution is 2.19. The number of benzene rings is 2. The van der Waals surface area contributed by atoms with Crippen LogP contribution in [-0.4, -0.2) is 14.4 Å². The van der Waals surface area contributed by atoms with Crippen molar-refractivity contribution in [3.8, 4) is 0 Å². The largest absolute Gasteiger partial charge is 0.545 e. The molecule has 2 aromatic carbocycles. The van der Waals surface area contributed by atoms with Gasteiger partial charge >= 0.3 is 0 Å². The molecule has 0 amide bonds. The number of anilines is 1. The molecule has 6 heteroatoms. The summed E-state index contributed by atoms with van der Waals surface area (Å²) >= 11 is 0. The van der Waals surface area contributed by atoms with Gasteiger partial charge in [-0.05, 0) is 49.2 Å². The Balaban J connectivity index is 2.40. The number of rotatable bonds is 4. The molecule has 1 N–H and O–H groups in total. The number of carboxylic acid groups (broad SMARTS) is 1. The summed E-state index contributed by atoms with van der Waals surface area (Å²) in [4.78, 5) is 10.9. The molecule has 0 radical (unpaired) electrons. The third-order valence-corrected chi connectivity index (χ3v) is 4.39. The van der Waals surface area contributed by atoms with Crippen LogP contribution in [0.25, 0.3) is 0 Å². The number of nitrogens with one attached hydrogen (secondary N) is 1. The molecule has 5 nitrogen and oxygen atoms in total. The van der Waals surface area contributed by atoms with Gasteiger partial charge < -0.3 is 9.90 Å². The maximum absolute atomic E-state index is 12.3. The van der Waals surface area contributed by atoms with E-state index in [9.17, 15) is 18.3 Å². The van der Waals surface area contributed by atoms with Crippen molar-refractivity contribution < 1.29 is 18.3 Å². The van der Waals surface area contributed by atoms with Crippen molar-refractivity contribution in [2.24, 2.45) is 0 Å². The van der Waals surface area contributed by atoms with E-state index in [1.807, 2.05) is 13.0 Å². The topological polar surface area (TPSA) is 86.3 Å². The highest BCUT2D eigenvalue weighted by atomic mass is 32.2. The summed E-state index contributed by atoms with van der Waals surface area (Å²) in [6.07, 6.45) is 0. The molecule has 0 atom stereocenters. The fraction of sp³-hybridized carbons (Fsp3) is 0.133. The Morgan fingerprint density at radius 2 is 1.81 bits per heavy atom. The molecule has 0 spiro atoms. The number of hydrogen-bond donors (Lipinski definition) is 1. The van der Waals surface area contributed by atoms with E-state index in [4.69, 9.17) is 0 Å². The minimum absolute atomic E-state index is 0.117. The first-order valence-electron chi connectivity index (χ1n) is 6.21. The van der Waals surface area contributed by atoms with Crippen LogP contribution in [0.15, 0.2) is 47.4 Å². The van der Waals surface area contributed by atoms with Crippen molar-refractivity contribution >= 4 is 21.7 Å². The van der Waals surface area contributed by atoms with Gasteiger partial charge in [-0.15, -0.1) is 0 Å². The number of carbonyl (C=O) groups excluding carboxylic acids is 1. The second kappa shape index (κ2) is 5.57. The van der Waals surface area contributed by atoms with Crippen molar-refractivity contribution in [1.29, 1.82) is 0 Å². The Hall–Kier alpha value is -2.34. The van der Waals surface area contributed by atoms with Gasteiger partial charge in [-0.2, -0.15) is 0 Å². The molecule has 21 heavy (non-hydrogen) atoms. The minimum Gasteiger partial charge on any atom is -0.545 e. The zero-order chi connectivity index (χ0) is 15.6. The number of aromatic carboxylic acids is 1. The second-order valence-corrected chi connectivity index (χ2v) is 6.42. The highest BCUT2D eigenvalue weighted by molar-refractivity contribution is 7.92. The van der Waals surface area contributed by atoms with Crippen molar-refractivity contribution in [3.05, 3.63) is 59.2 Å². The van der Waals surface area contributed by atoms with Crippen LogP contribution in [0.2, 0.25) is 0 Å². The maximum atomic E-state index is 12.3. The lowest BCUT2D eigenvalue weighted by Crippen LogP contribution is -2.24. The van der Waals surface area contributed by atoms with E-state index < -0.39 is 16.0 Å². The van der Waals surface area contributed by atoms with Crippen LogP contribution in [0.5, 0.6) is 0 Å². The van der Waals surface area contributed by atoms with Crippen LogP contribution in [0.1, 0.15) is 21.5 Å². The highest BCUT2D eigenvalue weighted by Gasteiger charge is 2.16. The number of hydrogen-bond acceptors (Lipinski definition) is 4.